The van der Waals surface area contributed by atoms with Gasteiger partial charge < -0.3 is 29.2 Å². The number of hydrogen-bond acceptors (Lipinski definition) is 6. The maximum Gasteiger partial charge on any atom is 0.407 e. The molecule has 4 rings (SSSR count). The van der Waals surface area contributed by atoms with Crippen LogP contribution in [0.4, 0.5) is 10.5 Å². The summed E-state index contributed by atoms with van der Waals surface area (Å²) in [5.41, 5.74) is 2.22. The highest BCUT2D eigenvalue weighted by molar-refractivity contribution is 6.35. The maximum atomic E-state index is 13.2. The van der Waals surface area contributed by atoms with Crippen molar-refractivity contribution in [3.8, 4) is 5.75 Å². The molecule has 2 fully saturated rings. The molecule has 2 amide bonds. The molecule has 0 spiro atoms. The highest BCUT2D eigenvalue weighted by Gasteiger charge is 2.57. The number of epoxide rings is 1. The van der Waals surface area contributed by atoms with Crippen molar-refractivity contribution in [1.82, 2.24) is 5.32 Å². The summed E-state index contributed by atoms with van der Waals surface area (Å²) in [6, 6.07) is 3.61. The number of amides is 2. The second kappa shape index (κ2) is 11.1. The predicted octanol–water partition coefficient (Wildman–Crippen LogP) is 4.83. The first-order chi connectivity index (χ1) is 17.6. The third-order valence-corrected chi connectivity index (χ3v) is 8.14. The lowest BCUT2D eigenvalue weighted by molar-refractivity contribution is -0.118. The van der Waals surface area contributed by atoms with Crippen LogP contribution in [0.2, 0.25) is 5.02 Å². The number of nitrogens with one attached hydrogen (secondary N) is 1. The van der Waals surface area contributed by atoms with E-state index < -0.39 is 11.7 Å². The van der Waals surface area contributed by atoms with Crippen molar-refractivity contribution in [1.29, 1.82) is 0 Å². The smallest absolute Gasteiger partial charge is 0.407 e. The normalized spacial score (nSPS) is 34.9. The van der Waals surface area contributed by atoms with Crippen LogP contribution in [-0.4, -0.2) is 63.2 Å². The van der Waals surface area contributed by atoms with Crippen LogP contribution in [0, 0.1) is 5.92 Å². The Morgan fingerprint density at radius 3 is 2.70 bits per heavy atom. The number of ether oxygens (including phenoxy) is 4. The first-order valence-corrected chi connectivity index (χ1v) is 13.1. The standard InChI is InChI=1S/C28H37ClN2O6/c1-16-8-7-9-21(34-5)19-15-22(36-27(33)30-19)17(2)26-28(3,37-26)11-10-24(32)31(4)20-13-18(12-16)14-23(35-6)25(20)29/h7-9,13-14,17,19,21-22,26H,10-12,15H2,1-6H3,(H,30,33)/b9-7+,16-8+/t17-,19?,21?,22+,26+,28+/m1/s1. The Morgan fingerprint density at radius 1 is 1.24 bits per heavy atom. The summed E-state index contributed by atoms with van der Waals surface area (Å²) < 4.78 is 23.0. The zero-order valence-electron chi connectivity index (χ0n) is 22.4. The van der Waals surface area contributed by atoms with Gasteiger partial charge in [-0.2, -0.15) is 0 Å². The predicted molar refractivity (Wildman–Crippen MR) is 142 cm³/mol. The van der Waals surface area contributed by atoms with Crippen LogP contribution in [0.1, 0.15) is 45.6 Å². The van der Waals surface area contributed by atoms with Gasteiger partial charge in [0.1, 0.15) is 16.9 Å². The molecule has 3 heterocycles. The average Bonchev–Trinajstić information content (AvgIpc) is 3.55. The van der Waals surface area contributed by atoms with Gasteiger partial charge in [0.25, 0.3) is 0 Å². The van der Waals surface area contributed by atoms with Crippen molar-refractivity contribution in [2.75, 3.05) is 26.2 Å². The molecule has 8 nitrogen and oxygen atoms in total. The van der Waals surface area contributed by atoms with Gasteiger partial charge in [-0.15, -0.1) is 0 Å². The highest BCUT2D eigenvalue weighted by atomic mass is 35.5. The fourth-order valence-electron chi connectivity index (χ4n) is 5.41. The number of hydrogen-bond donors (Lipinski definition) is 1. The summed E-state index contributed by atoms with van der Waals surface area (Å²) in [6.45, 7) is 6.08. The number of carbonyl (C=O) groups is 2. The van der Waals surface area contributed by atoms with Crippen LogP contribution in [0.3, 0.4) is 0 Å². The highest BCUT2D eigenvalue weighted by Crippen LogP contribution is 2.47. The van der Waals surface area contributed by atoms with E-state index in [1.165, 1.54) is 0 Å². The summed E-state index contributed by atoms with van der Waals surface area (Å²) in [5, 5.41) is 3.31. The van der Waals surface area contributed by atoms with E-state index in [4.69, 9.17) is 30.5 Å². The molecule has 3 aliphatic heterocycles. The molecule has 0 radical (unpaired) electrons. The fraction of sp³-hybridized carbons (Fsp3) is 0.571. The molecule has 3 aliphatic rings. The Bertz CT molecular complexity index is 1100. The number of methoxy groups -OCH3 is 2. The lowest BCUT2D eigenvalue weighted by atomic mass is 9.86. The number of allylic oxidation sites excluding steroid dienone is 3. The number of fused-ring (bicyclic) bond motifs is 5. The molecule has 0 aromatic heterocycles. The maximum absolute atomic E-state index is 13.2. The van der Waals surface area contributed by atoms with E-state index >= 15 is 0 Å². The molecule has 1 aromatic carbocycles. The number of nitrogens with zero attached hydrogens (tertiary/aromatic N) is 1. The number of benzene rings is 1. The van der Waals surface area contributed by atoms with Gasteiger partial charge in [-0.25, -0.2) is 4.79 Å². The number of carbonyl (C=O) groups excluding carboxylic acids is 2. The second-order valence-corrected chi connectivity index (χ2v) is 10.9. The number of anilines is 1. The SMILES string of the molecule is COc1cc2cc(c1Cl)N(C)C(=O)CC[C@]1(C)O[C@H]1[C@H](C)[C@@H]1CC(NC(=O)O1)C(OC)/C=C/C=C(\C)C2. The largest absolute Gasteiger partial charge is 0.495 e. The average molecular weight is 533 g/mol. The Balaban J connectivity index is 1.68. The van der Waals surface area contributed by atoms with Crippen LogP contribution in [0.15, 0.2) is 35.9 Å². The molecule has 1 N–H and O–H groups in total. The molecule has 2 saturated heterocycles. The van der Waals surface area contributed by atoms with E-state index in [0.717, 1.165) is 11.1 Å². The molecule has 4 bridgehead atoms. The Labute approximate surface area is 223 Å². The summed E-state index contributed by atoms with van der Waals surface area (Å²) >= 11 is 6.62. The third kappa shape index (κ3) is 5.97. The van der Waals surface area contributed by atoms with E-state index in [0.29, 0.717) is 42.1 Å². The molecule has 0 aliphatic carbocycles. The molecule has 202 valence electrons. The second-order valence-electron chi connectivity index (χ2n) is 10.5. The molecule has 6 atom stereocenters. The van der Waals surface area contributed by atoms with Crippen molar-refractivity contribution >= 4 is 29.3 Å². The Kier molecular flexibility index (Phi) is 8.21. The van der Waals surface area contributed by atoms with Crippen LogP contribution in [0.25, 0.3) is 0 Å². The van der Waals surface area contributed by atoms with Crippen LogP contribution in [0.5, 0.6) is 5.75 Å². The van der Waals surface area contributed by atoms with Gasteiger partial charge in [0.2, 0.25) is 5.91 Å². The summed E-state index contributed by atoms with van der Waals surface area (Å²) in [5.74, 6) is 0.429. The quantitative estimate of drug-likeness (QED) is 0.549. The van der Waals surface area contributed by atoms with Gasteiger partial charge in [-0.05, 0) is 44.4 Å². The fourth-order valence-corrected chi connectivity index (χ4v) is 5.72. The Hall–Kier alpha value is -2.55. The van der Waals surface area contributed by atoms with Crippen molar-refractivity contribution < 1.29 is 28.5 Å². The van der Waals surface area contributed by atoms with E-state index in [2.05, 4.69) is 5.32 Å². The molecule has 37 heavy (non-hydrogen) atoms. The summed E-state index contributed by atoms with van der Waals surface area (Å²) in [7, 11) is 4.94. The van der Waals surface area contributed by atoms with Gasteiger partial charge in [0, 0.05) is 32.9 Å². The number of alkyl carbamates (subject to hydrolysis) is 1. The van der Waals surface area contributed by atoms with Crippen LogP contribution >= 0.6 is 11.6 Å². The van der Waals surface area contributed by atoms with Crippen LogP contribution < -0.4 is 15.0 Å². The van der Waals surface area contributed by atoms with E-state index in [1.54, 1.807) is 26.2 Å². The monoisotopic (exact) mass is 532 g/mol. The minimum Gasteiger partial charge on any atom is -0.495 e. The minimum atomic E-state index is -0.462. The molecule has 0 saturated carbocycles. The van der Waals surface area contributed by atoms with Crippen LogP contribution in [-0.2, 0) is 25.4 Å². The van der Waals surface area contributed by atoms with Crippen molar-refractivity contribution in [2.45, 2.75) is 76.4 Å². The lowest BCUT2D eigenvalue weighted by Gasteiger charge is -2.35. The first kappa shape index (κ1) is 27.5. The number of rotatable bonds is 2. The zero-order valence-corrected chi connectivity index (χ0v) is 23.1. The van der Waals surface area contributed by atoms with Crippen molar-refractivity contribution in [3.63, 3.8) is 0 Å². The molecular formula is C28H37ClN2O6. The number of halogens is 1. The topological polar surface area (TPSA) is 89.6 Å². The zero-order chi connectivity index (χ0) is 26.9. The van der Waals surface area contributed by atoms with Gasteiger partial charge >= 0.3 is 6.09 Å². The summed E-state index contributed by atoms with van der Waals surface area (Å²) in [4.78, 5) is 27.2. The van der Waals surface area contributed by atoms with Gasteiger partial charge in [0.15, 0.2) is 0 Å². The molecular weight excluding hydrogens is 496 g/mol. The minimum absolute atomic E-state index is 0.0347. The van der Waals surface area contributed by atoms with Gasteiger partial charge in [0.05, 0.1) is 36.6 Å². The molecule has 1 aromatic rings. The first-order valence-electron chi connectivity index (χ1n) is 12.7. The van der Waals surface area contributed by atoms with Crippen molar-refractivity contribution in [2.24, 2.45) is 5.92 Å². The lowest BCUT2D eigenvalue weighted by Crippen LogP contribution is -2.53. The van der Waals surface area contributed by atoms with Gasteiger partial charge in [-0.3, -0.25) is 4.79 Å². The molecule has 2 unspecified atom stereocenters. The van der Waals surface area contributed by atoms with E-state index in [9.17, 15) is 9.59 Å². The third-order valence-electron chi connectivity index (χ3n) is 7.76. The summed E-state index contributed by atoms with van der Waals surface area (Å²) in [6.07, 6.45) is 6.80. The Morgan fingerprint density at radius 2 is 2.00 bits per heavy atom. The van der Waals surface area contributed by atoms with E-state index in [-0.39, 0.29) is 36.2 Å². The van der Waals surface area contributed by atoms with Crippen molar-refractivity contribution in [3.05, 3.63) is 46.5 Å². The van der Waals surface area contributed by atoms with E-state index in [1.807, 2.05) is 51.1 Å². The van der Waals surface area contributed by atoms with Gasteiger partial charge in [-0.1, -0.05) is 42.3 Å². The molecule has 9 heteroatoms.